The number of unbranched alkanes of at least 4 members (excludes halogenated alkanes) is 1. The first-order valence-corrected chi connectivity index (χ1v) is 16.1. The molecule has 0 bridgehead atoms. The Hall–Kier alpha value is -4.49. The van der Waals surface area contributed by atoms with Crippen molar-refractivity contribution in [3.05, 3.63) is 133 Å². The average Bonchev–Trinajstić information content (AvgIpc) is 3.07. The maximum Gasteiger partial charge on any atom is 0.309 e. The van der Waals surface area contributed by atoms with Crippen LogP contribution in [-0.4, -0.2) is 53.6 Å². The molecule has 244 valence electrons. The topological polar surface area (TPSA) is 95.9 Å². The van der Waals surface area contributed by atoms with Crippen LogP contribution in [0.4, 0.5) is 0 Å². The van der Waals surface area contributed by atoms with Crippen molar-refractivity contribution >= 4 is 17.8 Å². The Balaban J connectivity index is 1.71. The highest BCUT2D eigenvalue weighted by atomic mass is 16.5. The van der Waals surface area contributed by atoms with E-state index in [0.29, 0.717) is 32.2 Å². The van der Waals surface area contributed by atoms with Gasteiger partial charge in [0.1, 0.15) is 6.61 Å². The molecule has 46 heavy (non-hydrogen) atoms. The van der Waals surface area contributed by atoms with E-state index in [1.807, 2.05) is 97.1 Å². The summed E-state index contributed by atoms with van der Waals surface area (Å²) >= 11 is 0. The third-order valence-electron chi connectivity index (χ3n) is 7.90. The number of aliphatic hydroxyl groups is 1. The van der Waals surface area contributed by atoms with Gasteiger partial charge in [-0.15, -0.1) is 13.2 Å². The van der Waals surface area contributed by atoms with Crippen molar-refractivity contribution in [3.63, 3.8) is 0 Å². The molecule has 0 saturated carbocycles. The van der Waals surface area contributed by atoms with Crippen molar-refractivity contribution in [2.24, 2.45) is 11.8 Å². The van der Waals surface area contributed by atoms with Gasteiger partial charge in [-0.1, -0.05) is 103 Å². The first-order valence-electron chi connectivity index (χ1n) is 16.1. The second-order valence-corrected chi connectivity index (χ2v) is 11.6. The summed E-state index contributed by atoms with van der Waals surface area (Å²) in [7, 11) is 0. The predicted molar refractivity (Wildman–Crippen MR) is 183 cm³/mol. The number of hydrogen-bond acceptors (Lipinski definition) is 5. The number of hydrogen-bond donors (Lipinski definition) is 2. The molecule has 0 fully saturated rings. The monoisotopic (exact) mass is 624 g/mol. The van der Waals surface area contributed by atoms with E-state index in [1.54, 1.807) is 11.0 Å². The summed E-state index contributed by atoms with van der Waals surface area (Å²) in [5.41, 5.74) is 2.99. The molecule has 7 nitrogen and oxygen atoms in total. The maximum absolute atomic E-state index is 13.7. The lowest BCUT2D eigenvalue weighted by molar-refractivity contribution is -0.150. The van der Waals surface area contributed by atoms with Crippen LogP contribution >= 0.6 is 0 Å². The summed E-state index contributed by atoms with van der Waals surface area (Å²) in [4.78, 5) is 42.0. The Kier molecular flexibility index (Phi) is 16.1. The Labute approximate surface area is 274 Å². The van der Waals surface area contributed by atoms with Crippen molar-refractivity contribution in [1.29, 1.82) is 0 Å². The number of nitrogens with zero attached hydrogens (tertiary/aromatic N) is 1. The number of benzene rings is 3. The van der Waals surface area contributed by atoms with Gasteiger partial charge >= 0.3 is 5.97 Å². The molecule has 2 amide bonds. The molecule has 3 aromatic carbocycles. The van der Waals surface area contributed by atoms with Gasteiger partial charge in [-0.3, -0.25) is 14.4 Å². The molecule has 3 atom stereocenters. The molecule has 0 saturated heterocycles. The van der Waals surface area contributed by atoms with Gasteiger partial charge in [0, 0.05) is 19.5 Å². The maximum atomic E-state index is 13.7. The number of carbonyl (C=O) groups is 3. The van der Waals surface area contributed by atoms with Crippen LogP contribution < -0.4 is 5.32 Å². The number of aliphatic hydroxyl groups excluding tert-OH is 1. The molecule has 3 aromatic rings. The van der Waals surface area contributed by atoms with E-state index in [2.05, 4.69) is 18.5 Å². The van der Waals surface area contributed by atoms with E-state index < -0.39 is 12.0 Å². The summed E-state index contributed by atoms with van der Waals surface area (Å²) in [5.74, 6) is -1.81. The van der Waals surface area contributed by atoms with Gasteiger partial charge in [-0.25, -0.2) is 0 Å². The lowest BCUT2D eigenvalue weighted by atomic mass is 9.94. The molecule has 7 heteroatoms. The SMILES string of the molecule is C=CCCC[C@H](Cc1ccccc1)C(=O)OC[C@@H](Cc1ccccc1)NC(=O)[C@H](CC=C)CC(=O)N(CCO)Cc1ccccc1. The second-order valence-electron chi connectivity index (χ2n) is 11.6. The minimum atomic E-state index is -0.666. The number of nitrogens with one attached hydrogen (secondary N) is 1. The number of rotatable bonds is 21. The van der Waals surface area contributed by atoms with Crippen LogP contribution in [0.1, 0.15) is 48.8 Å². The van der Waals surface area contributed by atoms with Gasteiger partial charge in [0.05, 0.1) is 24.5 Å². The van der Waals surface area contributed by atoms with E-state index in [-0.39, 0.29) is 49.9 Å². The van der Waals surface area contributed by atoms with Gasteiger partial charge in [0.2, 0.25) is 11.8 Å². The van der Waals surface area contributed by atoms with E-state index in [1.165, 1.54) is 0 Å². The van der Waals surface area contributed by atoms with E-state index in [4.69, 9.17) is 4.74 Å². The van der Waals surface area contributed by atoms with Crippen LogP contribution in [0.25, 0.3) is 0 Å². The highest BCUT2D eigenvalue weighted by Gasteiger charge is 2.27. The zero-order chi connectivity index (χ0) is 33.0. The van der Waals surface area contributed by atoms with Crippen molar-refractivity contribution in [2.45, 2.75) is 57.5 Å². The molecule has 0 radical (unpaired) electrons. The van der Waals surface area contributed by atoms with Crippen molar-refractivity contribution in [3.8, 4) is 0 Å². The van der Waals surface area contributed by atoms with Crippen LogP contribution in [0, 0.1) is 11.8 Å². The first-order chi connectivity index (χ1) is 22.4. The van der Waals surface area contributed by atoms with Crippen LogP contribution in [0.3, 0.4) is 0 Å². The molecule has 0 heterocycles. The number of carbonyl (C=O) groups excluding carboxylic acids is 3. The van der Waals surface area contributed by atoms with Crippen molar-refractivity contribution in [2.75, 3.05) is 19.8 Å². The van der Waals surface area contributed by atoms with E-state index in [9.17, 15) is 19.5 Å². The molecule has 0 spiro atoms. The molecular formula is C39H48N2O5. The lowest BCUT2D eigenvalue weighted by Crippen LogP contribution is -2.45. The Morgan fingerprint density at radius 2 is 1.39 bits per heavy atom. The van der Waals surface area contributed by atoms with E-state index in [0.717, 1.165) is 29.5 Å². The standard InChI is InChI=1S/C39H48N2O5/c1-3-5-9-23-35(26-31-17-10-6-11-18-31)39(45)46-30-36(27-32-19-12-7-13-20-32)40-38(44)34(16-4-2)28-37(43)41(24-25-42)29-33-21-14-8-15-22-33/h3-4,6-8,10-15,17-22,34-36,42H,1-2,5,9,16,23-30H2,(H,40,44)/t34-,35-,36-/m1/s1. The summed E-state index contributed by atoms with van der Waals surface area (Å²) in [5, 5.41) is 12.7. The highest BCUT2D eigenvalue weighted by molar-refractivity contribution is 5.86. The van der Waals surface area contributed by atoms with E-state index >= 15 is 0 Å². The third-order valence-corrected chi connectivity index (χ3v) is 7.90. The Morgan fingerprint density at radius 3 is 1.96 bits per heavy atom. The fraction of sp³-hybridized carbons (Fsp3) is 0.359. The fourth-order valence-electron chi connectivity index (χ4n) is 5.42. The number of esters is 1. The Morgan fingerprint density at radius 1 is 0.804 bits per heavy atom. The number of allylic oxidation sites excluding steroid dienone is 2. The molecule has 0 unspecified atom stereocenters. The Bertz CT molecular complexity index is 1350. The number of amides is 2. The molecular weight excluding hydrogens is 576 g/mol. The van der Waals surface area contributed by atoms with Crippen molar-refractivity contribution < 1.29 is 24.2 Å². The molecule has 0 aliphatic heterocycles. The summed E-state index contributed by atoms with van der Waals surface area (Å²) < 4.78 is 5.90. The fourth-order valence-corrected chi connectivity index (χ4v) is 5.42. The first kappa shape index (κ1) is 36.0. The highest BCUT2D eigenvalue weighted by Crippen LogP contribution is 2.19. The lowest BCUT2D eigenvalue weighted by Gasteiger charge is -2.26. The molecule has 3 rings (SSSR count). The molecule has 2 N–H and O–H groups in total. The summed E-state index contributed by atoms with van der Waals surface area (Å²) in [6.07, 6.45) is 7.10. The van der Waals surface area contributed by atoms with Crippen LogP contribution in [0.5, 0.6) is 0 Å². The normalized spacial score (nSPS) is 12.7. The number of ether oxygens (including phenoxy) is 1. The second kappa shape index (κ2) is 20.5. The zero-order valence-corrected chi connectivity index (χ0v) is 26.8. The van der Waals surface area contributed by atoms with Gasteiger partial charge < -0.3 is 20.1 Å². The van der Waals surface area contributed by atoms with Gasteiger partial charge in [0.15, 0.2) is 0 Å². The largest absolute Gasteiger partial charge is 0.463 e. The van der Waals surface area contributed by atoms with Gasteiger partial charge in [-0.05, 0) is 55.2 Å². The zero-order valence-electron chi connectivity index (χ0n) is 26.8. The minimum absolute atomic E-state index is 0.00557. The summed E-state index contributed by atoms with van der Waals surface area (Å²) in [6, 6.07) is 28.7. The molecule has 0 aliphatic carbocycles. The van der Waals surface area contributed by atoms with Crippen molar-refractivity contribution in [1.82, 2.24) is 10.2 Å². The molecule has 0 aromatic heterocycles. The third kappa shape index (κ3) is 12.9. The average molecular weight is 625 g/mol. The van der Waals surface area contributed by atoms with Crippen LogP contribution in [-0.2, 0) is 38.5 Å². The molecule has 0 aliphatic rings. The van der Waals surface area contributed by atoms with Crippen LogP contribution in [0.15, 0.2) is 116 Å². The quantitative estimate of drug-likeness (QED) is 0.0852. The smallest absolute Gasteiger partial charge is 0.309 e. The summed E-state index contributed by atoms with van der Waals surface area (Å²) in [6.45, 7) is 7.94. The van der Waals surface area contributed by atoms with Gasteiger partial charge in [-0.2, -0.15) is 0 Å². The van der Waals surface area contributed by atoms with Crippen LogP contribution in [0.2, 0.25) is 0 Å². The minimum Gasteiger partial charge on any atom is -0.463 e. The van der Waals surface area contributed by atoms with Gasteiger partial charge in [0.25, 0.3) is 0 Å². The predicted octanol–water partition coefficient (Wildman–Crippen LogP) is 6.08.